The largest absolute Gasteiger partial charge is 0.448 e. The molecule has 0 aliphatic rings. The molecule has 0 spiro atoms. The molecule has 3 rings (SSSR count). The van der Waals surface area contributed by atoms with Crippen molar-refractivity contribution >= 4 is 39.1 Å². The monoisotopic (exact) mass is 401 g/mol. The van der Waals surface area contributed by atoms with Gasteiger partial charge in [0.15, 0.2) is 11.8 Å². The molecule has 1 unspecified atom stereocenters. The van der Waals surface area contributed by atoms with Gasteiger partial charge in [-0.25, -0.2) is 9.78 Å². The molecule has 128 valence electrons. The molecule has 0 bridgehead atoms. The van der Waals surface area contributed by atoms with E-state index in [1.165, 1.54) is 6.92 Å². The molecule has 0 aliphatic heterocycles. The molecule has 1 amide bonds. The number of aryl methyl sites for hydroxylation is 1. The van der Waals surface area contributed by atoms with Crippen LogP contribution in [-0.2, 0) is 9.53 Å². The number of rotatable bonds is 4. The van der Waals surface area contributed by atoms with E-state index in [0.717, 1.165) is 10.2 Å². The van der Waals surface area contributed by atoms with Gasteiger partial charge in [0, 0.05) is 22.1 Å². The van der Waals surface area contributed by atoms with E-state index in [9.17, 15) is 9.59 Å². The normalized spacial score (nSPS) is 12.0. The average molecular weight is 402 g/mol. The van der Waals surface area contributed by atoms with Crippen molar-refractivity contribution < 1.29 is 14.3 Å². The van der Waals surface area contributed by atoms with Gasteiger partial charge >= 0.3 is 5.97 Å². The van der Waals surface area contributed by atoms with Crippen LogP contribution in [0.15, 0.2) is 53.1 Å². The minimum Gasteiger partial charge on any atom is -0.448 e. The van der Waals surface area contributed by atoms with Crippen LogP contribution in [0.2, 0.25) is 0 Å². The lowest BCUT2D eigenvalue weighted by Gasteiger charge is -2.12. The van der Waals surface area contributed by atoms with E-state index in [1.54, 1.807) is 28.8 Å². The van der Waals surface area contributed by atoms with E-state index in [2.05, 4.69) is 26.2 Å². The number of amides is 1. The Bertz CT molecular complexity index is 934. The maximum absolute atomic E-state index is 12.3. The van der Waals surface area contributed by atoms with Gasteiger partial charge in [-0.05, 0) is 50.2 Å². The van der Waals surface area contributed by atoms with Crippen LogP contribution in [0.5, 0.6) is 0 Å². The van der Waals surface area contributed by atoms with Gasteiger partial charge < -0.3 is 14.5 Å². The summed E-state index contributed by atoms with van der Waals surface area (Å²) in [6.45, 7) is 3.44. The van der Waals surface area contributed by atoms with Crippen molar-refractivity contribution in [1.29, 1.82) is 0 Å². The summed E-state index contributed by atoms with van der Waals surface area (Å²) in [5.74, 6) is -1.04. The van der Waals surface area contributed by atoms with Gasteiger partial charge in [-0.1, -0.05) is 22.0 Å². The minimum atomic E-state index is -0.943. The average Bonchev–Trinajstić information content (AvgIpc) is 3.02. The van der Waals surface area contributed by atoms with Crippen LogP contribution in [0.1, 0.15) is 23.1 Å². The number of carbonyl (C=O) groups excluding carboxylic acids is 2. The summed E-state index contributed by atoms with van der Waals surface area (Å²) in [6.07, 6.45) is 0.661. The second-order valence-electron chi connectivity index (χ2n) is 5.57. The minimum absolute atomic E-state index is 0.164. The maximum atomic E-state index is 12.3. The third-order valence-corrected chi connectivity index (χ3v) is 4.20. The zero-order valence-corrected chi connectivity index (χ0v) is 15.3. The molecule has 3 aromatic rings. The number of hydrogen-bond acceptors (Lipinski definition) is 4. The van der Waals surface area contributed by atoms with Crippen LogP contribution >= 0.6 is 15.9 Å². The summed E-state index contributed by atoms with van der Waals surface area (Å²) < 4.78 is 7.93. The van der Waals surface area contributed by atoms with Crippen molar-refractivity contribution in [2.45, 2.75) is 20.0 Å². The van der Waals surface area contributed by atoms with Gasteiger partial charge in [0.25, 0.3) is 5.91 Å². The number of benzene rings is 1. The maximum Gasteiger partial charge on any atom is 0.359 e. The molecule has 25 heavy (non-hydrogen) atoms. The number of anilines is 1. The quantitative estimate of drug-likeness (QED) is 0.677. The first-order valence-electron chi connectivity index (χ1n) is 7.66. The number of esters is 1. The standard InChI is InChI=1S/C18H16BrN3O3/c1-11-4-3-5-16-21-15(10-22(11)16)18(24)25-12(2)17(23)20-14-8-6-13(19)7-9-14/h3-10,12H,1-2H3,(H,20,23). The van der Waals surface area contributed by atoms with Crippen LogP contribution < -0.4 is 5.32 Å². The fourth-order valence-corrected chi connectivity index (χ4v) is 2.56. The van der Waals surface area contributed by atoms with E-state index in [1.807, 2.05) is 31.2 Å². The van der Waals surface area contributed by atoms with E-state index < -0.39 is 18.0 Å². The highest BCUT2D eigenvalue weighted by Gasteiger charge is 2.21. The van der Waals surface area contributed by atoms with Crippen molar-refractivity contribution in [3.8, 4) is 0 Å². The molecule has 0 saturated carbocycles. The Morgan fingerprint density at radius 2 is 1.92 bits per heavy atom. The van der Waals surface area contributed by atoms with Crippen molar-refractivity contribution in [2.24, 2.45) is 0 Å². The molecule has 0 saturated heterocycles. The molecule has 6 nitrogen and oxygen atoms in total. The Kier molecular flexibility index (Phi) is 4.85. The van der Waals surface area contributed by atoms with E-state index in [0.29, 0.717) is 11.3 Å². The zero-order valence-electron chi connectivity index (χ0n) is 13.7. The predicted molar refractivity (Wildman–Crippen MR) is 97.6 cm³/mol. The highest BCUT2D eigenvalue weighted by molar-refractivity contribution is 9.10. The summed E-state index contributed by atoms with van der Waals surface area (Å²) in [5, 5.41) is 2.70. The molecule has 0 fully saturated rings. The Hall–Kier alpha value is -2.67. The number of aromatic nitrogens is 2. The third kappa shape index (κ3) is 3.88. The lowest BCUT2D eigenvalue weighted by atomic mass is 10.3. The molecule has 1 N–H and O–H groups in total. The number of carbonyl (C=O) groups is 2. The van der Waals surface area contributed by atoms with Crippen molar-refractivity contribution in [1.82, 2.24) is 9.38 Å². The van der Waals surface area contributed by atoms with Crippen LogP contribution in [0, 0.1) is 6.92 Å². The van der Waals surface area contributed by atoms with Gasteiger partial charge in [-0.3, -0.25) is 4.79 Å². The first-order valence-corrected chi connectivity index (χ1v) is 8.45. The van der Waals surface area contributed by atoms with Gasteiger partial charge in [-0.2, -0.15) is 0 Å². The number of ether oxygens (including phenoxy) is 1. The Morgan fingerprint density at radius 3 is 2.60 bits per heavy atom. The van der Waals surface area contributed by atoms with E-state index >= 15 is 0 Å². The molecule has 0 aliphatic carbocycles. The van der Waals surface area contributed by atoms with Gasteiger partial charge in [0.2, 0.25) is 0 Å². The molecule has 0 radical (unpaired) electrons. The summed E-state index contributed by atoms with van der Waals surface area (Å²) in [5.41, 5.74) is 2.39. The van der Waals surface area contributed by atoms with E-state index in [4.69, 9.17) is 4.74 Å². The third-order valence-electron chi connectivity index (χ3n) is 3.67. The smallest absolute Gasteiger partial charge is 0.359 e. The van der Waals surface area contributed by atoms with Crippen molar-refractivity contribution in [3.63, 3.8) is 0 Å². The van der Waals surface area contributed by atoms with Crippen molar-refractivity contribution in [2.75, 3.05) is 5.32 Å². The fourth-order valence-electron chi connectivity index (χ4n) is 2.30. The van der Waals surface area contributed by atoms with Gasteiger partial charge in [0.1, 0.15) is 5.65 Å². The zero-order chi connectivity index (χ0) is 18.0. The molecular formula is C18H16BrN3O3. The highest BCUT2D eigenvalue weighted by Crippen LogP contribution is 2.15. The molecule has 1 aromatic carbocycles. The molecular weight excluding hydrogens is 386 g/mol. The Morgan fingerprint density at radius 1 is 1.20 bits per heavy atom. The lowest BCUT2D eigenvalue weighted by Crippen LogP contribution is -2.30. The highest BCUT2D eigenvalue weighted by atomic mass is 79.9. The number of fused-ring (bicyclic) bond motifs is 1. The van der Waals surface area contributed by atoms with Crippen LogP contribution in [-0.4, -0.2) is 27.4 Å². The topological polar surface area (TPSA) is 72.7 Å². The summed E-state index contributed by atoms with van der Waals surface area (Å²) in [4.78, 5) is 28.6. The second kappa shape index (κ2) is 7.06. The summed E-state index contributed by atoms with van der Waals surface area (Å²) in [7, 11) is 0. The van der Waals surface area contributed by atoms with Gasteiger partial charge in [-0.15, -0.1) is 0 Å². The molecule has 1 atom stereocenters. The van der Waals surface area contributed by atoms with Crippen molar-refractivity contribution in [3.05, 3.63) is 64.5 Å². The molecule has 7 heteroatoms. The van der Waals surface area contributed by atoms with Crippen LogP contribution in [0.25, 0.3) is 5.65 Å². The second-order valence-corrected chi connectivity index (χ2v) is 6.48. The van der Waals surface area contributed by atoms with Crippen LogP contribution in [0.4, 0.5) is 5.69 Å². The van der Waals surface area contributed by atoms with Crippen LogP contribution in [0.3, 0.4) is 0 Å². The van der Waals surface area contributed by atoms with Gasteiger partial charge in [0.05, 0.1) is 0 Å². The summed E-state index contributed by atoms with van der Waals surface area (Å²) >= 11 is 3.33. The first-order chi connectivity index (χ1) is 11.9. The number of nitrogens with zero attached hydrogens (tertiary/aromatic N) is 2. The number of pyridine rings is 1. The first kappa shape index (κ1) is 17.2. The Balaban J connectivity index is 1.67. The number of nitrogens with one attached hydrogen (secondary N) is 1. The molecule has 2 heterocycles. The predicted octanol–water partition coefficient (Wildman–Crippen LogP) is 3.59. The Labute approximate surface area is 153 Å². The summed E-state index contributed by atoms with van der Waals surface area (Å²) in [6, 6.07) is 12.7. The number of imidazole rings is 1. The number of halogens is 1. The lowest BCUT2D eigenvalue weighted by molar-refractivity contribution is -0.123. The fraction of sp³-hybridized carbons (Fsp3) is 0.167. The molecule has 2 aromatic heterocycles. The number of hydrogen-bond donors (Lipinski definition) is 1. The van der Waals surface area contributed by atoms with E-state index in [-0.39, 0.29) is 5.69 Å². The SMILES string of the molecule is Cc1cccc2nc(C(=O)OC(C)C(=O)Nc3ccc(Br)cc3)cn12.